The van der Waals surface area contributed by atoms with E-state index in [2.05, 4.69) is 29.1 Å². The zero-order valence-electron chi connectivity index (χ0n) is 13.4. The van der Waals surface area contributed by atoms with Crippen molar-refractivity contribution >= 4 is 29.9 Å². The molecular formula is C16H25FIN3O. The molecule has 0 aromatic heterocycles. The highest BCUT2D eigenvalue weighted by molar-refractivity contribution is 14.0. The molecule has 0 aliphatic carbocycles. The van der Waals surface area contributed by atoms with E-state index in [9.17, 15) is 9.50 Å². The number of rotatable bonds is 3. The van der Waals surface area contributed by atoms with E-state index < -0.39 is 5.82 Å². The summed E-state index contributed by atoms with van der Waals surface area (Å²) in [7, 11) is 0. The fraction of sp³-hybridized carbons (Fsp3) is 0.562. The van der Waals surface area contributed by atoms with Gasteiger partial charge in [-0.15, -0.1) is 24.0 Å². The number of phenols is 1. The molecule has 0 atom stereocenters. The van der Waals surface area contributed by atoms with Gasteiger partial charge in [0.1, 0.15) is 0 Å². The van der Waals surface area contributed by atoms with Crippen LogP contribution in [0.3, 0.4) is 0 Å². The highest BCUT2D eigenvalue weighted by atomic mass is 127. The highest BCUT2D eigenvalue weighted by Gasteiger charge is 2.30. The Bertz CT molecular complexity index is 534. The minimum absolute atomic E-state index is 0. The van der Waals surface area contributed by atoms with Gasteiger partial charge < -0.3 is 15.3 Å². The Morgan fingerprint density at radius 1 is 1.45 bits per heavy atom. The van der Waals surface area contributed by atoms with E-state index >= 15 is 0 Å². The van der Waals surface area contributed by atoms with Crippen molar-refractivity contribution in [3.8, 4) is 5.75 Å². The molecule has 6 heteroatoms. The topological polar surface area (TPSA) is 47.9 Å². The minimum atomic E-state index is -0.602. The number of aliphatic imine (C=N–C) groups is 1. The summed E-state index contributed by atoms with van der Waals surface area (Å²) in [5.74, 6) is -0.0532. The van der Waals surface area contributed by atoms with Crippen LogP contribution in [0.15, 0.2) is 23.2 Å². The predicted molar refractivity (Wildman–Crippen MR) is 98.3 cm³/mol. The Labute approximate surface area is 148 Å². The molecule has 124 valence electrons. The van der Waals surface area contributed by atoms with Crippen LogP contribution in [-0.2, 0) is 6.54 Å². The second kappa shape index (κ2) is 7.99. The first-order valence-corrected chi connectivity index (χ1v) is 7.42. The number of halogens is 2. The maximum Gasteiger partial charge on any atom is 0.194 e. The van der Waals surface area contributed by atoms with E-state index in [-0.39, 0.29) is 29.7 Å². The lowest BCUT2D eigenvalue weighted by molar-refractivity contribution is 0.370. The van der Waals surface area contributed by atoms with Gasteiger partial charge in [0, 0.05) is 19.6 Å². The molecule has 0 bridgehead atoms. The van der Waals surface area contributed by atoms with Crippen LogP contribution in [0.25, 0.3) is 0 Å². The molecule has 1 aromatic carbocycles. The molecule has 0 radical (unpaired) electrons. The average Bonchev–Trinajstić information content (AvgIpc) is 2.78. The predicted octanol–water partition coefficient (Wildman–Crippen LogP) is 3.35. The lowest BCUT2D eigenvalue weighted by Crippen LogP contribution is -2.40. The summed E-state index contributed by atoms with van der Waals surface area (Å²) in [6, 6.07) is 4.39. The van der Waals surface area contributed by atoms with Gasteiger partial charge in [-0.3, -0.25) is 0 Å². The molecule has 1 aliphatic rings. The van der Waals surface area contributed by atoms with Crippen LogP contribution in [-0.4, -0.2) is 35.6 Å². The number of benzene rings is 1. The van der Waals surface area contributed by atoms with Crippen molar-refractivity contribution in [3.05, 3.63) is 29.6 Å². The molecule has 2 rings (SSSR count). The fourth-order valence-corrected chi connectivity index (χ4v) is 2.53. The van der Waals surface area contributed by atoms with Crippen molar-refractivity contribution in [2.45, 2.75) is 33.7 Å². The van der Waals surface area contributed by atoms with Crippen LogP contribution in [0.1, 0.15) is 32.8 Å². The van der Waals surface area contributed by atoms with Gasteiger partial charge >= 0.3 is 0 Å². The number of aromatic hydroxyl groups is 1. The molecule has 0 saturated carbocycles. The minimum Gasteiger partial charge on any atom is -0.505 e. The lowest BCUT2D eigenvalue weighted by Gasteiger charge is -2.23. The molecule has 4 nitrogen and oxygen atoms in total. The normalized spacial score (nSPS) is 17.3. The van der Waals surface area contributed by atoms with Gasteiger partial charge in [-0.05, 0) is 36.5 Å². The van der Waals surface area contributed by atoms with Gasteiger partial charge in [0.05, 0.1) is 6.54 Å². The van der Waals surface area contributed by atoms with Crippen LogP contribution in [0.5, 0.6) is 5.75 Å². The van der Waals surface area contributed by atoms with E-state index in [1.807, 2.05) is 6.92 Å². The molecule has 1 aromatic rings. The fourth-order valence-electron chi connectivity index (χ4n) is 2.53. The molecular weight excluding hydrogens is 396 g/mol. The van der Waals surface area contributed by atoms with Gasteiger partial charge in [0.25, 0.3) is 0 Å². The van der Waals surface area contributed by atoms with Gasteiger partial charge in [-0.2, -0.15) is 0 Å². The van der Waals surface area contributed by atoms with Gasteiger partial charge in [-0.1, -0.05) is 19.9 Å². The second-order valence-corrected chi connectivity index (χ2v) is 6.29. The van der Waals surface area contributed by atoms with Crippen LogP contribution in [0.4, 0.5) is 4.39 Å². The van der Waals surface area contributed by atoms with E-state index in [4.69, 9.17) is 0 Å². The maximum absolute atomic E-state index is 13.3. The second-order valence-electron chi connectivity index (χ2n) is 6.29. The smallest absolute Gasteiger partial charge is 0.194 e. The Morgan fingerprint density at radius 2 is 2.18 bits per heavy atom. The Balaban J connectivity index is 0.00000242. The Hall–Kier alpha value is -1.05. The zero-order valence-corrected chi connectivity index (χ0v) is 15.7. The third-order valence-electron chi connectivity index (χ3n) is 3.74. The van der Waals surface area contributed by atoms with Crippen molar-refractivity contribution in [1.29, 1.82) is 0 Å². The number of likely N-dealkylation sites (tertiary alicyclic amines) is 1. The first-order chi connectivity index (χ1) is 9.91. The van der Waals surface area contributed by atoms with Crippen LogP contribution in [0.2, 0.25) is 0 Å². The van der Waals surface area contributed by atoms with Crippen LogP contribution in [0, 0.1) is 11.2 Å². The van der Waals surface area contributed by atoms with Crippen molar-refractivity contribution in [3.63, 3.8) is 0 Å². The van der Waals surface area contributed by atoms with Crippen molar-refractivity contribution < 1.29 is 9.50 Å². The number of hydrogen-bond donors (Lipinski definition) is 2. The summed E-state index contributed by atoms with van der Waals surface area (Å²) in [5, 5.41) is 12.5. The standard InChI is InChI=1S/C16H24FN3O.HI/c1-4-18-15(20-8-7-16(2,3)11-20)19-10-12-5-6-14(21)13(17)9-12;/h5-6,9,21H,4,7-8,10-11H2,1-3H3,(H,18,19);1H. The Kier molecular flexibility index (Phi) is 6.90. The van der Waals surface area contributed by atoms with E-state index in [1.54, 1.807) is 6.07 Å². The molecule has 1 saturated heterocycles. The Morgan fingerprint density at radius 3 is 2.73 bits per heavy atom. The summed E-state index contributed by atoms with van der Waals surface area (Å²) < 4.78 is 13.3. The number of guanidine groups is 1. The van der Waals surface area contributed by atoms with Gasteiger partial charge in [0.2, 0.25) is 0 Å². The molecule has 1 heterocycles. The number of nitrogens with zero attached hydrogens (tertiary/aromatic N) is 2. The third-order valence-corrected chi connectivity index (χ3v) is 3.74. The highest BCUT2D eigenvalue weighted by Crippen LogP contribution is 2.28. The quantitative estimate of drug-likeness (QED) is 0.447. The molecule has 0 unspecified atom stereocenters. The largest absolute Gasteiger partial charge is 0.505 e. The number of nitrogens with one attached hydrogen (secondary N) is 1. The van der Waals surface area contributed by atoms with Crippen molar-refractivity contribution in [2.24, 2.45) is 10.4 Å². The summed E-state index contributed by atoms with van der Waals surface area (Å²) in [5.41, 5.74) is 1.06. The molecule has 2 N–H and O–H groups in total. The van der Waals surface area contributed by atoms with E-state index in [0.29, 0.717) is 12.0 Å². The first kappa shape index (κ1) is 19.0. The van der Waals surface area contributed by atoms with Gasteiger partial charge in [-0.25, -0.2) is 9.38 Å². The molecule has 1 aliphatic heterocycles. The number of phenolic OH excluding ortho intramolecular Hbond substituents is 1. The zero-order chi connectivity index (χ0) is 15.5. The summed E-state index contributed by atoms with van der Waals surface area (Å²) in [4.78, 5) is 6.84. The molecule has 0 spiro atoms. The molecule has 22 heavy (non-hydrogen) atoms. The molecule has 1 fully saturated rings. The summed E-state index contributed by atoms with van der Waals surface area (Å²) in [6.07, 6.45) is 1.14. The molecule has 0 amide bonds. The van der Waals surface area contributed by atoms with E-state index in [0.717, 1.165) is 37.6 Å². The van der Waals surface area contributed by atoms with Crippen LogP contribution >= 0.6 is 24.0 Å². The van der Waals surface area contributed by atoms with Crippen molar-refractivity contribution in [2.75, 3.05) is 19.6 Å². The summed E-state index contributed by atoms with van der Waals surface area (Å²) >= 11 is 0. The third kappa shape index (κ3) is 5.00. The monoisotopic (exact) mass is 421 g/mol. The number of hydrogen-bond acceptors (Lipinski definition) is 2. The SMILES string of the molecule is CCNC(=NCc1ccc(O)c(F)c1)N1CCC(C)(C)C1.I. The first-order valence-electron chi connectivity index (χ1n) is 7.42. The van der Waals surface area contributed by atoms with Crippen molar-refractivity contribution in [1.82, 2.24) is 10.2 Å². The van der Waals surface area contributed by atoms with E-state index in [1.165, 1.54) is 12.1 Å². The average molecular weight is 421 g/mol. The maximum atomic E-state index is 13.3. The van der Waals surface area contributed by atoms with Gasteiger partial charge in [0.15, 0.2) is 17.5 Å². The lowest BCUT2D eigenvalue weighted by atomic mass is 9.93. The van der Waals surface area contributed by atoms with Crippen LogP contribution < -0.4 is 5.32 Å². The summed E-state index contributed by atoms with van der Waals surface area (Å²) in [6.45, 7) is 9.72.